The lowest BCUT2D eigenvalue weighted by Crippen LogP contribution is -2.49. The van der Waals surface area contributed by atoms with Crippen molar-refractivity contribution >= 4 is 17.7 Å². The first-order valence-corrected chi connectivity index (χ1v) is 7.60. The normalized spacial score (nSPS) is 13.9. The van der Waals surface area contributed by atoms with Gasteiger partial charge in [0, 0.05) is 6.54 Å². The van der Waals surface area contributed by atoms with Gasteiger partial charge in [0.25, 0.3) is 0 Å². The molecule has 0 aliphatic carbocycles. The zero-order valence-corrected chi connectivity index (χ0v) is 11.9. The summed E-state index contributed by atoms with van der Waals surface area (Å²) in [4.78, 5) is 12.1. The van der Waals surface area contributed by atoms with Crippen molar-refractivity contribution in [2.45, 2.75) is 25.3 Å². The Morgan fingerprint density at radius 3 is 2.61 bits per heavy atom. The van der Waals surface area contributed by atoms with Crippen LogP contribution in [0.2, 0.25) is 0 Å². The monoisotopic (exact) mass is 266 g/mol. The number of thioether (sulfide) groups is 1. The Balaban J connectivity index is 2.45. The highest BCUT2D eigenvalue weighted by Crippen LogP contribution is 2.17. The molecule has 1 amide bonds. The summed E-state index contributed by atoms with van der Waals surface area (Å²) < 4.78 is 0. The van der Waals surface area contributed by atoms with Crippen LogP contribution in [-0.2, 0) is 10.3 Å². The summed E-state index contributed by atoms with van der Waals surface area (Å²) in [6, 6.07) is 9.47. The van der Waals surface area contributed by atoms with E-state index in [9.17, 15) is 4.79 Å². The molecule has 1 aromatic rings. The second kappa shape index (κ2) is 7.44. The van der Waals surface area contributed by atoms with Gasteiger partial charge in [-0.25, -0.2) is 0 Å². The quantitative estimate of drug-likeness (QED) is 0.743. The highest BCUT2D eigenvalue weighted by molar-refractivity contribution is 7.98. The van der Waals surface area contributed by atoms with Gasteiger partial charge in [-0.15, -0.1) is 0 Å². The van der Waals surface area contributed by atoms with Crippen LogP contribution in [0.3, 0.4) is 0 Å². The molecule has 0 radical (unpaired) electrons. The van der Waals surface area contributed by atoms with E-state index in [1.165, 1.54) is 0 Å². The molecule has 0 bridgehead atoms. The number of amides is 1. The van der Waals surface area contributed by atoms with E-state index in [0.29, 0.717) is 6.54 Å². The predicted molar refractivity (Wildman–Crippen MR) is 78.6 cm³/mol. The lowest BCUT2D eigenvalue weighted by molar-refractivity contribution is -0.126. The minimum Gasteiger partial charge on any atom is -0.354 e. The van der Waals surface area contributed by atoms with Crippen molar-refractivity contribution in [1.29, 1.82) is 0 Å². The molecular weight excluding hydrogens is 244 g/mol. The van der Waals surface area contributed by atoms with Crippen LogP contribution in [0.1, 0.15) is 25.3 Å². The van der Waals surface area contributed by atoms with Crippen LogP contribution in [0.25, 0.3) is 0 Å². The number of benzene rings is 1. The maximum Gasteiger partial charge on any atom is 0.244 e. The van der Waals surface area contributed by atoms with Crippen molar-refractivity contribution in [3.8, 4) is 0 Å². The Morgan fingerprint density at radius 2 is 2.00 bits per heavy atom. The average molecular weight is 266 g/mol. The molecule has 0 aliphatic rings. The van der Waals surface area contributed by atoms with Crippen molar-refractivity contribution < 1.29 is 4.79 Å². The first kappa shape index (κ1) is 15.1. The summed E-state index contributed by atoms with van der Waals surface area (Å²) in [5, 5.41) is 2.91. The largest absolute Gasteiger partial charge is 0.354 e. The van der Waals surface area contributed by atoms with Crippen LogP contribution >= 0.6 is 11.8 Å². The highest BCUT2D eigenvalue weighted by atomic mass is 32.2. The average Bonchev–Trinajstić information content (AvgIpc) is 2.39. The third kappa shape index (κ3) is 4.35. The molecule has 100 valence electrons. The molecule has 1 unspecified atom stereocenters. The lowest BCUT2D eigenvalue weighted by Gasteiger charge is -2.24. The number of rotatable bonds is 7. The summed E-state index contributed by atoms with van der Waals surface area (Å²) in [6.45, 7) is 2.44. The van der Waals surface area contributed by atoms with E-state index >= 15 is 0 Å². The molecule has 0 spiro atoms. The van der Waals surface area contributed by atoms with Gasteiger partial charge in [0.15, 0.2) is 0 Å². The summed E-state index contributed by atoms with van der Waals surface area (Å²) in [6.07, 6.45) is 4.20. The van der Waals surface area contributed by atoms with Gasteiger partial charge in [0.1, 0.15) is 5.54 Å². The molecular formula is C14H22N2OS. The predicted octanol–water partition coefficient (Wildman–Crippen LogP) is 2.12. The SMILES string of the molecule is CSCCCCNC(=O)C(C)(N)c1ccccc1. The molecule has 0 aromatic heterocycles. The molecule has 3 nitrogen and oxygen atoms in total. The molecule has 0 aliphatic heterocycles. The van der Waals surface area contributed by atoms with E-state index in [1.807, 2.05) is 42.1 Å². The third-order valence-corrected chi connectivity index (χ3v) is 3.60. The van der Waals surface area contributed by atoms with Crippen molar-refractivity contribution in [2.75, 3.05) is 18.6 Å². The Bertz CT molecular complexity index is 365. The second-order valence-corrected chi connectivity index (χ2v) is 5.51. The lowest BCUT2D eigenvalue weighted by atomic mass is 9.92. The second-order valence-electron chi connectivity index (χ2n) is 4.52. The Labute approximate surface area is 114 Å². The number of hydrogen-bond donors (Lipinski definition) is 2. The Morgan fingerprint density at radius 1 is 1.33 bits per heavy atom. The zero-order valence-electron chi connectivity index (χ0n) is 11.1. The topological polar surface area (TPSA) is 55.1 Å². The number of carbonyl (C=O) groups is 1. The molecule has 0 saturated heterocycles. The number of hydrogen-bond acceptors (Lipinski definition) is 3. The summed E-state index contributed by atoms with van der Waals surface area (Å²) >= 11 is 1.83. The van der Waals surface area contributed by atoms with E-state index in [-0.39, 0.29) is 5.91 Å². The van der Waals surface area contributed by atoms with Gasteiger partial charge >= 0.3 is 0 Å². The maximum atomic E-state index is 12.1. The molecule has 3 N–H and O–H groups in total. The fourth-order valence-electron chi connectivity index (χ4n) is 1.67. The summed E-state index contributed by atoms with van der Waals surface area (Å²) in [5.74, 6) is 1.02. The Hall–Kier alpha value is -1.00. The fraction of sp³-hybridized carbons (Fsp3) is 0.500. The summed E-state index contributed by atoms with van der Waals surface area (Å²) in [5.41, 5.74) is 5.99. The zero-order chi connectivity index (χ0) is 13.4. The fourth-order valence-corrected chi connectivity index (χ4v) is 2.17. The van der Waals surface area contributed by atoms with Crippen LogP contribution < -0.4 is 11.1 Å². The third-order valence-electron chi connectivity index (χ3n) is 2.91. The molecule has 1 aromatic carbocycles. The molecule has 1 atom stereocenters. The van der Waals surface area contributed by atoms with E-state index in [4.69, 9.17) is 5.73 Å². The maximum absolute atomic E-state index is 12.1. The molecule has 1 rings (SSSR count). The van der Waals surface area contributed by atoms with Crippen LogP contribution in [0.5, 0.6) is 0 Å². The number of nitrogens with two attached hydrogens (primary N) is 1. The van der Waals surface area contributed by atoms with E-state index in [2.05, 4.69) is 11.6 Å². The number of nitrogens with one attached hydrogen (secondary N) is 1. The minimum absolute atomic E-state index is 0.113. The number of carbonyl (C=O) groups excluding carboxylic acids is 1. The molecule has 18 heavy (non-hydrogen) atoms. The van der Waals surface area contributed by atoms with Gasteiger partial charge in [0.2, 0.25) is 5.91 Å². The van der Waals surface area contributed by atoms with Gasteiger partial charge in [-0.3, -0.25) is 4.79 Å². The van der Waals surface area contributed by atoms with Crippen LogP contribution in [0.15, 0.2) is 30.3 Å². The van der Waals surface area contributed by atoms with E-state index in [0.717, 1.165) is 24.2 Å². The van der Waals surface area contributed by atoms with Gasteiger partial charge in [-0.1, -0.05) is 30.3 Å². The highest BCUT2D eigenvalue weighted by Gasteiger charge is 2.29. The van der Waals surface area contributed by atoms with Crippen molar-refractivity contribution in [3.05, 3.63) is 35.9 Å². The van der Waals surface area contributed by atoms with Gasteiger partial charge < -0.3 is 11.1 Å². The van der Waals surface area contributed by atoms with Gasteiger partial charge in [-0.05, 0) is 37.3 Å². The molecule has 0 fully saturated rings. The van der Waals surface area contributed by atoms with E-state index in [1.54, 1.807) is 6.92 Å². The van der Waals surface area contributed by atoms with Crippen molar-refractivity contribution in [1.82, 2.24) is 5.32 Å². The summed E-state index contributed by atoms with van der Waals surface area (Å²) in [7, 11) is 0. The molecule has 0 saturated carbocycles. The molecule has 0 heterocycles. The smallest absolute Gasteiger partial charge is 0.244 e. The van der Waals surface area contributed by atoms with Crippen molar-refractivity contribution in [2.24, 2.45) is 5.73 Å². The first-order chi connectivity index (χ1) is 8.59. The van der Waals surface area contributed by atoms with Crippen LogP contribution in [0.4, 0.5) is 0 Å². The standard InChI is InChI=1S/C14H22N2OS/c1-14(15,12-8-4-3-5-9-12)13(17)16-10-6-7-11-18-2/h3-5,8-9H,6-7,10-11,15H2,1-2H3,(H,16,17). The van der Waals surface area contributed by atoms with Gasteiger partial charge in [0.05, 0.1) is 0 Å². The van der Waals surface area contributed by atoms with Crippen molar-refractivity contribution in [3.63, 3.8) is 0 Å². The van der Waals surface area contributed by atoms with Crippen LogP contribution in [-0.4, -0.2) is 24.5 Å². The Kier molecular flexibility index (Phi) is 6.22. The number of unbranched alkanes of at least 4 members (excludes halogenated alkanes) is 1. The first-order valence-electron chi connectivity index (χ1n) is 6.20. The van der Waals surface area contributed by atoms with E-state index < -0.39 is 5.54 Å². The minimum atomic E-state index is -0.958. The van der Waals surface area contributed by atoms with Gasteiger partial charge in [-0.2, -0.15) is 11.8 Å². The van der Waals surface area contributed by atoms with Crippen LogP contribution in [0, 0.1) is 0 Å². The molecule has 4 heteroatoms.